The first kappa shape index (κ1) is 12.2. The van der Waals surface area contributed by atoms with Crippen LogP contribution in [0.15, 0.2) is 42.5 Å². The van der Waals surface area contributed by atoms with Gasteiger partial charge < -0.3 is 5.73 Å². The molecule has 2 aromatic rings. The molecule has 0 spiro atoms. The molecule has 2 N–H and O–H groups in total. The summed E-state index contributed by atoms with van der Waals surface area (Å²) in [6, 6.07) is 15.0. The maximum atomic E-state index is 5.81. The van der Waals surface area contributed by atoms with Crippen LogP contribution in [0.3, 0.4) is 0 Å². The summed E-state index contributed by atoms with van der Waals surface area (Å²) in [4.78, 5) is 2.51. The van der Waals surface area contributed by atoms with Crippen LogP contribution in [0.2, 0.25) is 0 Å². The predicted octanol–water partition coefficient (Wildman–Crippen LogP) is 3.14. The molecule has 0 saturated carbocycles. The fraction of sp³-hybridized carbons (Fsp3) is 0.294. The van der Waals surface area contributed by atoms with E-state index in [0.29, 0.717) is 0 Å². The van der Waals surface area contributed by atoms with Crippen LogP contribution < -0.4 is 5.73 Å². The Balaban J connectivity index is 1.75. The van der Waals surface area contributed by atoms with Gasteiger partial charge in [0.2, 0.25) is 0 Å². The summed E-state index contributed by atoms with van der Waals surface area (Å²) in [6.45, 7) is 5.35. The Bertz CT molecular complexity index is 590. The molecular formula is C17H20N2. The summed E-state index contributed by atoms with van der Waals surface area (Å²) in [5, 5.41) is 0. The molecule has 2 heteroatoms. The van der Waals surface area contributed by atoms with E-state index in [1.807, 2.05) is 6.07 Å². The molecular weight excluding hydrogens is 232 g/mol. The molecule has 0 fully saturated rings. The van der Waals surface area contributed by atoms with Crippen molar-refractivity contribution in [1.82, 2.24) is 4.90 Å². The third-order valence-electron chi connectivity index (χ3n) is 3.97. The molecule has 0 unspecified atom stereocenters. The number of fused-ring (bicyclic) bond motifs is 1. The standard InChI is InChI=1S/C17H20N2/c1-13-10-17(18)7-6-15(13)11-19-9-8-14-4-2-3-5-16(14)12-19/h2-7,10H,8-9,11-12,18H2,1H3. The molecule has 2 aromatic carbocycles. The molecule has 0 bridgehead atoms. The lowest BCUT2D eigenvalue weighted by Crippen LogP contribution is -2.30. The van der Waals surface area contributed by atoms with Crippen LogP contribution in [-0.2, 0) is 19.5 Å². The third-order valence-corrected chi connectivity index (χ3v) is 3.97. The van der Waals surface area contributed by atoms with Crippen LogP contribution in [0, 0.1) is 6.92 Å². The fourth-order valence-electron chi connectivity index (χ4n) is 2.83. The molecule has 1 aliphatic heterocycles. The minimum atomic E-state index is 0.852. The molecule has 2 nitrogen and oxygen atoms in total. The van der Waals surface area contributed by atoms with Crippen molar-refractivity contribution in [2.24, 2.45) is 0 Å². The number of hydrogen-bond donors (Lipinski definition) is 1. The zero-order chi connectivity index (χ0) is 13.2. The Morgan fingerprint density at radius 3 is 2.68 bits per heavy atom. The first-order valence-electron chi connectivity index (χ1n) is 6.86. The lowest BCUT2D eigenvalue weighted by molar-refractivity contribution is 0.245. The van der Waals surface area contributed by atoms with Gasteiger partial charge in [0.1, 0.15) is 0 Å². The Morgan fingerprint density at radius 1 is 1.11 bits per heavy atom. The van der Waals surface area contributed by atoms with E-state index in [9.17, 15) is 0 Å². The average molecular weight is 252 g/mol. The van der Waals surface area contributed by atoms with Gasteiger partial charge in [0.25, 0.3) is 0 Å². The summed E-state index contributed by atoms with van der Waals surface area (Å²) in [5.41, 5.74) is 12.3. The van der Waals surface area contributed by atoms with E-state index < -0.39 is 0 Å². The van der Waals surface area contributed by atoms with E-state index in [0.717, 1.165) is 31.7 Å². The van der Waals surface area contributed by atoms with Crippen molar-refractivity contribution in [3.63, 3.8) is 0 Å². The summed E-state index contributed by atoms with van der Waals surface area (Å²) in [6.07, 6.45) is 1.16. The Labute approximate surface area is 114 Å². The minimum absolute atomic E-state index is 0.852. The smallest absolute Gasteiger partial charge is 0.0316 e. The minimum Gasteiger partial charge on any atom is -0.399 e. The molecule has 98 valence electrons. The van der Waals surface area contributed by atoms with Gasteiger partial charge in [0.05, 0.1) is 0 Å². The zero-order valence-electron chi connectivity index (χ0n) is 11.4. The van der Waals surface area contributed by atoms with Crippen LogP contribution in [-0.4, -0.2) is 11.4 Å². The van der Waals surface area contributed by atoms with Crippen molar-refractivity contribution < 1.29 is 0 Å². The fourth-order valence-corrected chi connectivity index (χ4v) is 2.83. The number of benzene rings is 2. The van der Waals surface area contributed by atoms with Gasteiger partial charge in [-0.25, -0.2) is 0 Å². The number of nitrogen functional groups attached to an aromatic ring is 1. The van der Waals surface area contributed by atoms with Crippen LogP contribution in [0.5, 0.6) is 0 Å². The number of hydrogen-bond acceptors (Lipinski definition) is 2. The van der Waals surface area contributed by atoms with E-state index >= 15 is 0 Å². The molecule has 1 aliphatic rings. The second-order valence-corrected chi connectivity index (χ2v) is 5.42. The first-order chi connectivity index (χ1) is 9.22. The van der Waals surface area contributed by atoms with Gasteiger partial charge >= 0.3 is 0 Å². The van der Waals surface area contributed by atoms with Gasteiger partial charge in [-0.1, -0.05) is 30.3 Å². The summed E-state index contributed by atoms with van der Waals surface area (Å²) >= 11 is 0. The number of nitrogens with two attached hydrogens (primary N) is 1. The quantitative estimate of drug-likeness (QED) is 0.832. The highest BCUT2D eigenvalue weighted by atomic mass is 15.1. The Morgan fingerprint density at radius 2 is 1.89 bits per heavy atom. The van der Waals surface area contributed by atoms with Crippen LogP contribution in [0.4, 0.5) is 5.69 Å². The van der Waals surface area contributed by atoms with Crippen molar-refractivity contribution in [2.75, 3.05) is 12.3 Å². The van der Waals surface area contributed by atoms with Crippen molar-refractivity contribution in [2.45, 2.75) is 26.4 Å². The van der Waals surface area contributed by atoms with E-state index in [2.05, 4.69) is 48.2 Å². The van der Waals surface area contributed by atoms with Gasteiger partial charge in [-0.2, -0.15) is 0 Å². The van der Waals surface area contributed by atoms with Crippen molar-refractivity contribution in [3.8, 4) is 0 Å². The summed E-state index contributed by atoms with van der Waals surface area (Å²) in [7, 11) is 0. The molecule has 19 heavy (non-hydrogen) atoms. The molecule has 0 saturated heterocycles. The molecule has 1 heterocycles. The highest BCUT2D eigenvalue weighted by Crippen LogP contribution is 2.21. The van der Waals surface area contributed by atoms with E-state index in [1.54, 1.807) is 0 Å². The second kappa shape index (κ2) is 5.06. The largest absolute Gasteiger partial charge is 0.399 e. The first-order valence-corrected chi connectivity index (χ1v) is 6.86. The second-order valence-electron chi connectivity index (χ2n) is 5.42. The normalized spacial score (nSPS) is 15.2. The van der Waals surface area contributed by atoms with Gasteiger partial charge in [0.15, 0.2) is 0 Å². The maximum Gasteiger partial charge on any atom is 0.0316 e. The van der Waals surface area contributed by atoms with Crippen molar-refractivity contribution in [1.29, 1.82) is 0 Å². The molecule has 3 rings (SSSR count). The molecule has 0 atom stereocenters. The van der Waals surface area contributed by atoms with E-state index in [1.165, 1.54) is 22.3 Å². The highest BCUT2D eigenvalue weighted by Gasteiger charge is 2.16. The van der Waals surface area contributed by atoms with Gasteiger partial charge in [-0.3, -0.25) is 4.90 Å². The third kappa shape index (κ3) is 2.64. The van der Waals surface area contributed by atoms with Gasteiger partial charge in [-0.15, -0.1) is 0 Å². The molecule has 0 radical (unpaired) electrons. The van der Waals surface area contributed by atoms with Crippen molar-refractivity contribution in [3.05, 3.63) is 64.7 Å². The zero-order valence-corrected chi connectivity index (χ0v) is 11.4. The SMILES string of the molecule is Cc1cc(N)ccc1CN1CCc2ccccc2C1. The Hall–Kier alpha value is -1.80. The molecule has 0 aromatic heterocycles. The van der Waals surface area contributed by atoms with Gasteiger partial charge in [0, 0.05) is 25.3 Å². The van der Waals surface area contributed by atoms with E-state index in [4.69, 9.17) is 5.73 Å². The number of anilines is 1. The lowest BCUT2D eigenvalue weighted by atomic mass is 9.99. The van der Waals surface area contributed by atoms with E-state index in [-0.39, 0.29) is 0 Å². The molecule has 0 aliphatic carbocycles. The number of aryl methyl sites for hydroxylation is 1. The lowest BCUT2D eigenvalue weighted by Gasteiger charge is -2.29. The monoisotopic (exact) mass is 252 g/mol. The Kier molecular flexibility index (Phi) is 3.26. The summed E-state index contributed by atoms with van der Waals surface area (Å²) < 4.78 is 0. The number of nitrogens with zero attached hydrogens (tertiary/aromatic N) is 1. The average Bonchev–Trinajstić information content (AvgIpc) is 2.42. The predicted molar refractivity (Wildman–Crippen MR) is 79.9 cm³/mol. The van der Waals surface area contributed by atoms with Crippen LogP contribution >= 0.6 is 0 Å². The van der Waals surface area contributed by atoms with Gasteiger partial charge in [-0.05, 0) is 47.7 Å². The highest BCUT2D eigenvalue weighted by molar-refractivity contribution is 5.44. The molecule has 0 amide bonds. The van der Waals surface area contributed by atoms with Crippen LogP contribution in [0.1, 0.15) is 22.3 Å². The number of rotatable bonds is 2. The van der Waals surface area contributed by atoms with Crippen LogP contribution in [0.25, 0.3) is 0 Å². The van der Waals surface area contributed by atoms with Crippen molar-refractivity contribution >= 4 is 5.69 Å². The maximum absolute atomic E-state index is 5.81. The topological polar surface area (TPSA) is 29.3 Å². The summed E-state index contributed by atoms with van der Waals surface area (Å²) in [5.74, 6) is 0.